The molecule has 0 amide bonds. The Bertz CT molecular complexity index is 959. The van der Waals surface area contributed by atoms with Gasteiger partial charge in [0.15, 0.2) is 5.78 Å². The van der Waals surface area contributed by atoms with Crippen molar-refractivity contribution in [2.75, 3.05) is 7.11 Å². The lowest BCUT2D eigenvalue weighted by Gasteiger charge is -2.23. The zero-order chi connectivity index (χ0) is 18.3. The number of Topliss-reactive ketones (excluding diaryl/α,β-unsaturated/α-hetero) is 1. The van der Waals surface area contributed by atoms with Crippen LogP contribution in [0.3, 0.4) is 0 Å². The summed E-state index contributed by atoms with van der Waals surface area (Å²) in [7, 11) is 1.64. The topological polar surface area (TPSA) is 44.1 Å². The van der Waals surface area contributed by atoms with E-state index in [1.807, 2.05) is 60.1 Å². The molecule has 0 fully saturated rings. The number of ketones is 1. The van der Waals surface area contributed by atoms with E-state index in [1.54, 1.807) is 7.11 Å². The van der Waals surface area contributed by atoms with E-state index in [0.29, 0.717) is 11.4 Å². The van der Waals surface area contributed by atoms with Crippen LogP contribution in [0.5, 0.6) is 5.75 Å². The van der Waals surface area contributed by atoms with Crippen LogP contribution < -0.4 is 4.74 Å². The van der Waals surface area contributed by atoms with Crippen molar-refractivity contribution in [3.05, 3.63) is 76.1 Å². The SMILES string of the molecule is COc1ccc(-n2nc(C)c3c2C[C@@H](c2ccc(Cl)cc2)CC3=O)cc1. The molecule has 0 unspecified atom stereocenters. The van der Waals surface area contributed by atoms with Crippen LogP contribution in [0, 0.1) is 6.92 Å². The highest BCUT2D eigenvalue weighted by Crippen LogP contribution is 2.35. The number of hydrogen-bond acceptors (Lipinski definition) is 3. The molecule has 4 nitrogen and oxygen atoms in total. The van der Waals surface area contributed by atoms with Gasteiger partial charge in [0, 0.05) is 11.4 Å². The van der Waals surface area contributed by atoms with Crippen LogP contribution in [0.15, 0.2) is 48.5 Å². The summed E-state index contributed by atoms with van der Waals surface area (Å²) >= 11 is 6.00. The van der Waals surface area contributed by atoms with Crippen molar-refractivity contribution in [3.63, 3.8) is 0 Å². The molecule has 132 valence electrons. The van der Waals surface area contributed by atoms with Gasteiger partial charge < -0.3 is 4.74 Å². The van der Waals surface area contributed by atoms with Crippen molar-refractivity contribution in [1.82, 2.24) is 9.78 Å². The number of aromatic nitrogens is 2. The smallest absolute Gasteiger partial charge is 0.167 e. The summed E-state index contributed by atoms with van der Waals surface area (Å²) in [6, 6.07) is 15.5. The molecular weight excluding hydrogens is 348 g/mol. The van der Waals surface area contributed by atoms with Crippen LogP contribution in [-0.2, 0) is 6.42 Å². The molecule has 5 heteroatoms. The van der Waals surface area contributed by atoms with Gasteiger partial charge in [-0.25, -0.2) is 4.68 Å². The van der Waals surface area contributed by atoms with Gasteiger partial charge in [0.1, 0.15) is 5.75 Å². The maximum atomic E-state index is 12.8. The molecule has 26 heavy (non-hydrogen) atoms. The number of carbonyl (C=O) groups excluding carboxylic acids is 1. The monoisotopic (exact) mass is 366 g/mol. The predicted octanol–water partition coefficient (Wildman–Crippen LogP) is 4.76. The van der Waals surface area contributed by atoms with Gasteiger partial charge in [0.2, 0.25) is 0 Å². The summed E-state index contributed by atoms with van der Waals surface area (Å²) in [5.74, 6) is 1.09. The van der Waals surface area contributed by atoms with E-state index >= 15 is 0 Å². The number of methoxy groups -OCH3 is 1. The molecule has 0 bridgehead atoms. The molecule has 0 spiro atoms. The molecule has 0 aliphatic heterocycles. The van der Waals surface area contributed by atoms with E-state index in [0.717, 1.165) is 40.4 Å². The van der Waals surface area contributed by atoms with Crippen LogP contribution in [0.25, 0.3) is 5.69 Å². The summed E-state index contributed by atoms with van der Waals surface area (Å²) in [6.07, 6.45) is 1.28. The van der Waals surface area contributed by atoms with E-state index in [-0.39, 0.29) is 11.7 Å². The van der Waals surface area contributed by atoms with E-state index in [9.17, 15) is 4.79 Å². The standard InChI is InChI=1S/C21H19ClN2O2/c1-13-21-19(24(23-13)17-7-9-18(26-2)10-8-17)11-15(12-20(21)25)14-3-5-16(22)6-4-14/h3-10,15H,11-12H2,1-2H3/t15-/m1/s1. The third-order valence-corrected chi connectivity index (χ3v) is 5.22. The summed E-state index contributed by atoms with van der Waals surface area (Å²) in [6.45, 7) is 1.90. The number of hydrogen-bond donors (Lipinski definition) is 0. The Morgan fingerprint density at radius 1 is 1.08 bits per heavy atom. The summed E-state index contributed by atoms with van der Waals surface area (Å²) in [5, 5.41) is 5.35. The average Bonchev–Trinajstić information content (AvgIpc) is 2.99. The minimum Gasteiger partial charge on any atom is -0.497 e. The van der Waals surface area contributed by atoms with Gasteiger partial charge in [-0.1, -0.05) is 23.7 Å². The number of halogens is 1. The Hall–Kier alpha value is -2.59. The van der Waals surface area contributed by atoms with E-state index in [1.165, 1.54) is 0 Å². The van der Waals surface area contributed by atoms with Crippen LogP contribution in [-0.4, -0.2) is 22.7 Å². The van der Waals surface area contributed by atoms with E-state index in [4.69, 9.17) is 16.3 Å². The minimum absolute atomic E-state index is 0.139. The molecule has 4 rings (SSSR count). The third-order valence-electron chi connectivity index (χ3n) is 4.96. The fraction of sp³-hybridized carbons (Fsp3) is 0.238. The number of rotatable bonds is 3. The van der Waals surface area contributed by atoms with E-state index in [2.05, 4.69) is 5.10 Å². The molecule has 1 atom stereocenters. The van der Waals surface area contributed by atoms with Gasteiger partial charge in [-0.05, 0) is 61.2 Å². The van der Waals surface area contributed by atoms with Gasteiger partial charge in [0.05, 0.1) is 29.7 Å². The zero-order valence-electron chi connectivity index (χ0n) is 14.7. The third kappa shape index (κ3) is 2.90. The molecule has 2 aromatic carbocycles. The predicted molar refractivity (Wildman–Crippen MR) is 102 cm³/mol. The highest BCUT2D eigenvalue weighted by Gasteiger charge is 2.32. The quantitative estimate of drug-likeness (QED) is 0.671. The van der Waals surface area contributed by atoms with Crippen LogP contribution in [0.4, 0.5) is 0 Å². The van der Waals surface area contributed by atoms with Gasteiger partial charge in [0.25, 0.3) is 0 Å². The normalized spacial score (nSPS) is 16.4. The number of nitrogens with zero attached hydrogens (tertiary/aromatic N) is 2. The van der Waals surface area contributed by atoms with Gasteiger partial charge >= 0.3 is 0 Å². The Kier molecular flexibility index (Phi) is 4.29. The lowest BCUT2D eigenvalue weighted by molar-refractivity contribution is 0.0963. The summed E-state index contributed by atoms with van der Waals surface area (Å²) in [5.41, 5.74) is 4.60. The van der Waals surface area contributed by atoms with Gasteiger partial charge in [-0.2, -0.15) is 5.10 Å². The maximum Gasteiger partial charge on any atom is 0.167 e. The molecule has 0 saturated carbocycles. The first-order chi connectivity index (χ1) is 12.6. The van der Waals surface area contributed by atoms with Gasteiger partial charge in [-0.3, -0.25) is 4.79 Å². The fourth-order valence-electron chi connectivity index (χ4n) is 3.67. The Labute approximate surface area is 157 Å². The highest BCUT2D eigenvalue weighted by molar-refractivity contribution is 6.30. The lowest BCUT2D eigenvalue weighted by atomic mass is 9.81. The molecule has 1 aromatic heterocycles. The largest absolute Gasteiger partial charge is 0.497 e. The Balaban J connectivity index is 1.75. The van der Waals surface area contributed by atoms with Crippen LogP contribution >= 0.6 is 11.6 Å². The first-order valence-corrected chi connectivity index (χ1v) is 8.96. The van der Waals surface area contributed by atoms with Crippen molar-refractivity contribution in [3.8, 4) is 11.4 Å². The number of aryl methyl sites for hydroxylation is 1. The number of carbonyl (C=O) groups is 1. The first kappa shape index (κ1) is 16.9. The zero-order valence-corrected chi connectivity index (χ0v) is 15.5. The van der Waals surface area contributed by atoms with Crippen LogP contribution in [0.2, 0.25) is 5.02 Å². The molecule has 1 aliphatic rings. The number of benzene rings is 2. The first-order valence-electron chi connectivity index (χ1n) is 8.58. The molecule has 0 N–H and O–H groups in total. The molecular formula is C21H19ClN2O2. The van der Waals surface area contributed by atoms with Crippen molar-refractivity contribution in [1.29, 1.82) is 0 Å². The molecule has 0 radical (unpaired) electrons. The highest BCUT2D eigenvalue weighted by atomic mass is 35.5. The second-order valence-electron chi connectivity index (χ2n) is 6.60. The Morgan fingerprint density at radius 3 is 2.42 bits per heavy atom. The lowest BCUT2D eigenvalue weighted by Crippen LogP contribution is -2.20. The average molecular weight is 367 g/mol. The van der Waals surface area contributed by atoms with E-state index < -0.39 is 0 Å². The minimum atomic E-state index is 0.139. The molecule has 3 aromatic rings. The summed E-state index contributed by atoms with van der Waals surface area (Å²) < 4.78 is 7.12. The van der Waals surface area contributed by atoms with Crippen LogP contribution in [0.1, 0.15) is 39.6 Å². The maximum absolute atomic E-state index is 12.8. The van der Waals surface area contributed by atoms with Crippen molar-refractivity contribution < 1.29 is 9.53 Å². The molecule has 1 heterocycles. The fourth-order valence-corrected chi connectivity index (χ4v) is 3.79. The number of fused-ring (bicyclic) bond motifs is 1. The summed E-state index contributed by atoms with van der Waals surface area (Å²) in [4.78, 5) is 12.8. The molecule has 0 saturated heterocycles. The van der Waals surface area contributed by atoms with Crippen molar-refractivity contribution in [2.45, 2.75) is 25.7 Å². The second-order valence-corrected chi connectivity index (χ2v) is 7.03. The van der Waals surface area contributed by atoms with Crippen molar-refractivity contribution in [2.24, 2.45) is 0 Å². The molecule has 1 aliphatic carbocycles. The Morgan fingerprint density at radius 2 is 1.77 bits per heavy atom. The number of ether oxygens (including phenoxy) is 1. The van der Waals surface area contributed by atoms with Crippen molar-refractivity contribution >= 4 is 17.4 Å². The van der Waals surface area contributed by atoms with Gasteiger partial charge in [-0.15, -0.1) is 0 Å². The second kappa shape index (κ2) is 6.61.